The SMILES string of the molecule is Cc1c(N(C)C)ccc(C2=C(N(C)C)C=CC2)c1C=O. The number of carbonyl (C=O) groups is 1. The van der Waals surface area contributed by atoms with Gasteiger partial charge in [0.2, 0.25) is 0 Å². The fourth-order valence-corrected chi connectivity index (χ4v) is 2.78. The van der Waals surface area contributed by atoms with Gasteiger partial charge in [0, 0.05) is 45.1 Å². The number of carbonyl (C=O) groups excluding carboxylic acids is 1. The van der Waals surface area contributed by atoms with E-state index in [-0.39, 0.29) is 0 Å². The van der Waals surface area contributed by atoms with E-state index in [0.717, 1.165) is 35.1 Å². The standard InChI is InChI=1S/C17H22N2O/c1-12-15(11-20)13(9-10-16(12)18(2)3)14-7-6-8-17(14)19(4)5/h6,8-11H,7H2,1-5H3. The highest BCUT2D eigenvalue weighted by molar-refractivity contribution is 5.91. The van der Waals surface area contributed by atoms with Crippen molar-refractivity contribution >= 4 is 17.5 Å². The van der Waals surface area contributed by atoms with Gasteiger partial charge in [-0.25, -0.2) is 0 Å². The Hall–Kier alpha value is -2.03. The maximum atomic E-state index is 11.6. The number of aldehydes is 1. The number of hydrogen-bond acceptors (Lipinski definition) is 3. The molecule has 1 aliphatic rings. The van der Waals surface area contributed by atoms with Crippen molar-refractivity contribution in [2.45, 2.75) is 13.3 Å². The molecule has 20 heavy (non-hydrogen) atoms. The Balaban J connectivity index is 2.62. The normalized spacial score (nSPS) is 13.8. The van der Waals surface area contributed by atoms with Gasteiger partial charge in [0.05, 0.1) is 0 Å². The molecule has 0 spiro atoms. The van der Waals surface area contributed by atoms with E-state index in [9.17, 15) is 4.79 Å². The Kier molecular flexibility index (Phi) is 3.98. The lowest BCUT2D eigenvalue weighted by atomic mass is 9.93. The van der Waals surface area contributed by atoms with Crippen LogP contribution in [0.1, 0.15) is 27.9 Å². The van der Waals surface area contributed by atoms with Crippen LogP contribution in [0.2, 0.25) is 0 Å². The lowest BCUT2D eigenvalue weighted by Gasteiger charge is -2.21. The van der Waals surface area contributed by atoms with Crippen molar-refractivity contribution < 1.29 is 4.79 Å². The molecule has 0 aliphatic heterocycles. The molecule has 3 nitrogen and oxygen atoms in total. The van der Waals surface area contributed by atoms with E-state index in [4.69, 9.17) is 0 Å². The van der Waals surface area contributed by atoms with Crippen molar-refractivity contribution in [3.8, 4) is 0 Å². The van der Waals surface area contributed by atoms with E-state index in [0.29, 0.717) is 0 Å². The van der Waals surface area contributed by atoms with Crippen molar-refractivity contribution in [2.75, 3.05) is 33.1 Å². The fourth-order valence-electron chi connectivity index (χ4n) is 2.78. The summed E-state index contributed by atoms with van der Waals surface area (Å²) < 4.78 is 0. The third kappa shape index (κ3) is 2.36. The van der Waals surface area contributed by atoms with E-state index in [2.05, 4.69) is 29.2 Å². The number of hydrogen-bond donors (Lipinski definition) is 0. The first-order valence-electron chi connectivity index (χ1n) is 6.80. The molecule has 106 valence electrons. The van der Waals surface area contributed by atoms with Crippen LogP contribution in [0.25, 0.3) is 5.57 Å². The maximum Gasteiger partial charge on any atom is 0.151 e. The highest BCUT2D eigenvalue weighted by atomic mass is 16.1. The van der Waals surface area contributed by atoms with Crippen LogP contribution in [0.3, 0.4) is 0 Å². The third-order valence-corrected chi connectivity index (χ3v) is 3.80. The zero-order chi connectivity index (χ0) is 14.9. The van der Waals surface area contributed by atoms with E-state index >= 15 is 0 Å². The summed E-state index contributed by atoms with van der Waals surface area (Å²) in [5.74, 6) is 0. The molecule has 0 bridgehead atoms. The average molecular weight is 270 g/mol. The second kappa shape index (κ2) is 5.53. The maximum absolute atomic E-state index is 11.6. The molecule has 1 aromatic rings. The molecule has 0 aromatic heterocycles. The van der Waals surface area contributed by atoms with Crippen molar-refractivity contribution in [2.24, 2.45) is 0 Å². The van der Waals surface area contributed by atoms with E-state index < -0.39 is 0 Å². The molecule has 0 saturated heterocycles. The number of benzene rings is 1. The molecule has 0 N–H and O–H groups in total. The summed E-state index contributed by atoms with van der Waals surface area (Å²) in [5.41, 5.74) is 6.40. The minimum absolute atomic E-state index is 0.800. The summed E-state index contributed by atoms with van der Waals surface area (Å²) >= 11 is 0. The zero-order valence-corrected chi connectivity index (χ0v) is 12.9. The summed E-state index contributed by atoms with van der Waals surface area (Å²) in [5, 5.41) is 0. The van der Waals surface area contributed by atoms with Crippen LogP contribution in [0.15, 0.2) is 30.0 Å². The summed E-state index contributed by atoms with van der Waals surface area (Å²) in [6.45, 7) is 2.01. The van der Waals surface area contributed by atoms with E-state index in [1.54, 1.807) is 0 Å². The van der Waals surface area contributed by atoms with Crippen LogP contribution in [0, 0.1) is 6.92 Å². The highest BCUT2D eigenvalue weighted by Crippen LogP contribution is 2.35. The molecule has 0 saturated carbocycles. The summed E-state index contributed by atoms with van der Waals surface area (Å²) in [6, 6.07) is 4.16. The third-order valence-electron chi connectivity index (χ3n) is 3.80. The monoisotopic (exact) mass is 270 g/mol. The van der Waals surface area contributed by atoms with Gasteiger partial charge in [0.1, 0.15) is 0 Å². The molecule has 0 unspecified atom stereocenters. The first kappa shape index (κ1) is 14.4. The number of rotatable bonds is 4. The van der Waals surface area contributed by atoms with Crippen LogP contribution >= 0.6 is 0 Å². The molecule has 0 atom stereocenters. The molecule has 0 amide bonds. The molecule has 0 radical (unpaired) electrons. The van der Waals surface area contributed by atoms with E-state index in [1.165, 1.54) is 11.3 Å². The highest BCUT2D eigenvalue weighted by Gasteiger charge is 2.18. The van der Waals surface area contributed by atoms with Crippen molar-refractivity contribution in [1.29, 1.82) is 0 Å². The van der Waals surface area contributed by atoms with Crippen LogP contribution in [-0.4, -0.2) is 39.4 Å². The molecular weight excluding hydrogens is 248 g/mol. The van der Waals surface area contributed by atoms with Gasteiger partial charge in [-0.05, 0) is 42.2 Å². The molecule has 3 heteroatoms. The lowest BCUT2D eigenvalue weighted by Crippen LogP contribution is -2.13. The first-order chi connectivity index (χ1) is 9.47. The minimum Gasteiger partial charge on any atom is -0.377 e. The minimum atomic E-state index is 0.800. The van der Waals surface area contributed by atoms with Crippen LogP contribution in [0.4, 0.5) is 5.69 Å². The Morgan fingerprint density at radius 2 is 1.80 bits per heavy atom. The molecule has 1 aromatic carbocycles. The Bertz CT molecular complexity index is 595. The average Bonchev–Trinajstić information content (AvgIpc) is 2.86. The number of allylic oxidation sites excluding steroid dienone is 3. The van der Waals surface area contributed by atoms with Gasteiger partial charge in [-0.2, -0.15) is 0 Å². The smallest absolute Gasteiger partial charge is 0.151 e. The van der Waals surface area contributed by atoms with Gasteiger partial charge in [-0.15, -0.1) is 0 Å². The first-order valence-corrected chi connectivity index (χ1v) is 6.80. The summed E-state index contributed by atoms with van der Waals surface area (Å²) in [4.78, 5) is 15.7. The van der Waals surface area contributed by atoms with Crippen molar-refractivity contribution in [3.63, 3.8) is 0 Å². The van der Waals surface area contributed by atoms with Gasteiger partial charge in [-0.1, -0.05) is 12.1 Å². The van der Waals surface area contributed by atoms with Crippen LogP contribution in [-0.2, 0) is 0 Å². The molecule has 0 heterocycles. The fraction of sp³-hybridized carbons (Fsp3) is 0.353. The molecule has 1 aliphatic carbocycles. The summed E-state index contributed by atoms with van der Waals surface area (Å²) in [7, 11) is 8.07. The van der Waals surface area contributed by atoms with Gasteiger partial charge in [0.15, 0.2) is 6.29 Å². The number of likely N-dealkylation sites (N-methyl/N-ethyl adjacent to an activating group) is 1. The topological polar surface area (TPSA) is 23.6 Å². The Morgan fingerprint density at radius 3 is 2.35 bits per heavy atom. The van der Waals surface area contributed by atoms with Gasteiger partial charge >= 0.3 is 0 Å². The molecule has 0 fully saturated rings. The Labute approximate surface area is 121 Å². The molecular formula is C17H22N2O. The van der Waals surface area contributed by atoms with Gasteiger partial charge in [0.25, 0.3) is 0 Å². The summed E-state index contributed by atoms with van der Waals surface area (Å²) in [6.07, 6.45) is 6.14. The van der Waals surface area contributed by atoms with E-state index in [1.807, 2.05) is 40.0 Å². The van der Waals surface area contributed by atoms with Gasteiger partial charge in [-0.3, -0.25) is 4.79 Å². The molecule has 2 rings (SSSR count). The second-order valence-corrected chi connectivity index (χ2v) is 5.55. The lowest BCUT2D eigenvalue weighted by molar-refractivity contribution is 0.112. The number of anilines is 1. The van der Waals surface area contributed by atoms with Gasteiger partial charge < -0.3 is 9.80 Å². The van der Waals surface area contributed by atoms with Crippen LogP contribution in [0.5, 0.6) is 0 Å². The Morgan fingerprint density at radius 1 is 1.10 bits per heavy atom. The quantitative estimate of drug-likeness (QED) is 0.785. The second-order valence-electron chi connectivity index (χ2n) is 5.55. The predicted octanol–water partition coefficient (Wildman–Crippen LogP) is 3.11. The van der Waals surface area contributed by atoms with Crippen molar-refractivity contribution in [3.05, 3.63) is 46.7 Å². The number of nitrogens with zero attached hydrogens (tertiary/aromatic N) is 2. The zero-order valence-electron chi connectivity index (χ0n) is 12.9. The van der Waals surface area contributed by atoms with Crippen LogP contribution < -0.4 is 4.90 Å². The predicted molar refractivity (Wildman–Crippen MR) is 85.3 cm³/mol. The van der Waals surface area contributed by atoms with Crippen molar-refractivity contribution in [1.82, 2.24) is 4.90 Å². The largest absolute Gasteiger partial charge is 0.377 e.